The van der Waals surface area contributed by atoms with Gasteiger partial charge in [0.1, 0.15) is 0 Å². The number of amides is 2. The summed E-state index contributed by atoms with van der Waals surface area (Å²) in [4.78, 5) is 13.0. The van der Waals surface area contributed by atoms with Crippen LogP contribution in [0.1, 0.15) is 49.1 Å². The van der Waals surface area contributed by atoms with Gasteiger partial charge < -0.3 is 0 Å². The molecule has 1 radical (unpaired) electrons. The molecule has 19 heavy (non-hydrogen) atoms. The van der Waals surface area contributed by atoms with Crippen LogP contribution in [0.15, 0.2) is 0 Å². The van der Waals surface area contributed by atoms with E-state index in [9.17, 15) is 4.79 Å². The molecule has 0 saturated carbocycles. The van der Waals surface area contributed by atoms with Crippen molar-refractivity contribution in [2.75, 3.05) is 11.9 Å². The summed E-state index contributed by atoms with van der Waals surface area (Å²) in [5.41, 5.74) is 2.33. The third-order valence-electron chi connectivity index (χ3n) is 3.57. The first kappa shape index (κ1) is 14.3. The maximum atomic E-state index is 11.7. The summed E-state index contributed by atoms with van der Waals surface area (Å²) >= 11 is 1.67. The predicted molar refractivity (Wildman–Crippen MR) is 83.8 cm³/mol. The van der Waals surface area contributed by atoms with Crippen LogP contribution < -0.4 is 10.6 Å². The van der Waals surface area contributed by atoms with E-state index in [0.29, 0.717) is 18.4 Å². The van der Waals surface area contributed by atoms with Gasteiger partial charge >= 0.3 is 119 Å². The van der Waals surface area contributed by atoms with Gasteiger partial charge in [-0.15, -0.1) is 0 Å². The van der Waals surface area contributed by atoms with Crippen LogP contribution in [0.4, 0.5) is 9.80 Å². The Morgan fingerprint density at radius 3 is 2.89 bits per heavy atom. The third kappa shape index (κ3) is 2.91. The molecule has 5 heteroatoms. The van der Waals surface area contributed by atoms with Crippen molar-refractivity contribution in [2.45, 2.75) is 39.5 Å². The number of hydrogen-bond donors (Lipinski definition) is 2. The van der Waals surface area contributed by atoms with Crippen LogP contribution in [0.25, 0.3) is 0 Å². The minimum atomic E-state index is -0.162. The molecule has 2 rings (SSSR count). The Kier molecular flexibility index (Phi) is 4.45. The van der Waals surface area contributed by atoms with Crippen LogP contribution in [-0.4, -0.2) is 26.0 Å². The molecule has 3 nitrogen and oxygen atoms in total. The maximum absolute atomic E-state index is 11.7. The second-order valence-electron chi connectivity index (χ2n) is 5.28. The van der Waals surface area contributed by atoms with E-state index >= 15 is 0 Å². The van der Waals surface area contributed by atoms with E-state index in [-0.39, 0.29) is 6.03 Å². The number of urea groups is 1. The topological polar surface area (TPSA) is 41.1 Å². The first-order chi connectivity index (χ1) is 9.06. The Labute approximate surface area is 119 Å². The zero-order valence-corrected chi connectivity index (χ0v) is 12.6. The molecule has 0 fully saturated rings. The summed E-state index contributed by atoms with van der Waals surface area (Å²) in [5, 5.41) is 6.53. The Hall–Kier alpha value is -1.10. The molecular formula is C14H20BN2OS. The zero-order chi connectivity index (χ0) is 14.0. The Morgan fingerprint density at radius 1 is 1.53 bits per heavy atom. The molecular weight excluding hydrogens is 255 g/mol. The molecule has 101 valence electrons. The average molecular weight is 275 g/mol. The van der Waals surface area contributed by atoms with Crippen molar-refractivity contribution in [1.82, 2.24) is 5.32 Å². The summed E-state index contributed by atoms with van der Waals surface area (Å²) in [6.45, 7) is 7.04. The van der Waals surface area contributed by atoms with Crippen molar-refractivity contribution in [1.29, 1.82) is 0 Å². The number of fused-ring (bicyclic) bond motifs is 1. The number of hydrogen-bond acceptors (Lipinski definition) is 2. The van der Waals surface area contributed by atoms with Crippen molar-refractivity contribution in [3.63, 3.8) is 0 Å². The van der Waals surface area contributed by atoms with Crippen LogP contribution in [0.2, 0.25) is 0 Å². The Morgan fingerprint density at radius 2 is 2.26 bits per heavy atom. The number of thiophene rings is 1. The monoisotopic (exact) mass is 275 g/mol. The quantitative estimate of drug-likeness (QED) is 0.818. The number of carbonyl (C=O) groups excluding carboxylic acids is 1. The number of nitrogens with one attached hydrogen (secondary N) is 2. The SMILES string of the molecule is [B]=Cc1c(NC(=O)NCC)sc2c1CC(C)CC2C. The van der Waals surface area contributed by atoms with Crippen LogP contribution in [0.3, 0.4) is 0 Å². The minimum absolute atomic E-state index is 0.162. The summed E-state index contributed by atoms with van der Waals surface area (Å²) in [7, 11) is 5.77. The van der Waals surface area contributed by atoms with Crippen molar-refractivity contribution in [3.05, 3.63) is 16.0 Å². The molecule has 1 aromatic heterocycles. The molecule has 0 bridgehead atoms. The molecule has 0 saturated heterocycles. The van der Waals surface area contributed by atoms with Gasteiger partial charge in [-0.05, 0) is 0 Å². The van der Waals surface area contributed by atoms with E-state index in [0.717, 1.165) is 17.0 Å². The second-order valence-corrected chi connectivity index (χ2v) is 6.34. The van der Waals surface area contributed by atoms with Gasteiger partial charge in [0.05, 0.1) is 0 Å². The molecule has 1 aliphatic rings. The molecule has 2 atom stereocenters. The fourth-order valence-electron chi connectivity index (χ4n) is 2.82. The average Bonchev–Trinajstić information content (AvgIpc) is 2.67. The second kappa shape index (κ2) is 5.91. The molecule has 0 spiro atoms. The predicted octanol–water partition coefficient (Wildman–Crippen LogP) is 2.89. The van der Waals surface area contributed by atoms with E-state index in [1.165, 1.54) is 16.9 Å². The van der Waals surface area contributed by atoms with Gasteiger partial charge in [0.15, 0.2) is 0 Å². The van der Waals surface area contributed by atoms with Crippen LogP contribution >= 0.6 is 11.3 Å². The Bertz CT molecular complexity index is 498. The van der Waals surface area contributed by atoms with Gasteiger partial charge in [0, 0.05) is 0 Å². The van der Waals surface area contributed by atoms with Crippen molar-refractivity contribution in [2.24, 2.45) is 5.92 Å². The first-order valence-corrected chi connectivity index (χ1v) is 7.63. The third-order valence-corrected chi connectivity index (χ3v) is 4.96. The van der Waals surface area contributed by atoms with Crippen LogP contribution in [-0.2, 0) is 6.42 Å². The van der Waals surface area contributed by atoms with E-state index in [1.807, 2.05) is 6.92 Å². The molecule has 2 amide bonds. The standard InChI is InChI=1S/C14H20BN2OS/c1-4-16-14(18)17-13-11(7-15)10-6-8(2)5-9(3)12(10)19-13/h7-9H,4-6H2,1-3H3,(H2,16,17,18). The summed E-state index contributed by atoms with van der Waals surface area (Å²) < 4.78 is 0. The Balaban J connectivity index is 2.33. The van der Waals surface area contributed by atoms with Gasteiger partial charge in [-0.1, -0.05) is 0 Å². The van der Waals surface area contributed by atoms with Gasteiger partial charge in [-0.2, -0.15) is 0 Å². The van der Waals surface area contributed by atoms with Gasteiger partial charge in [-0.25, -0.2) is 0 Å². The molecule has 2 unspecified atom stereocenters. The first-order valence-electron chi connectivity index (χ1n) is 6.82. The van der Waals surface area contributed by atoms with Gasteiger partial charge in [0.2, 0.25) is 0 Å². The molecule has 0 aromatic carbocycles. The van der Waals surface area contributed by atoms with E-state index < -0.39 is 0 Å². The summed E-state index contributed by atoms with van der Waals surface area (Å²) in [6.07, 6.45) is 2.26. The zero-order valence-electron chi connectivity index (χ0n) is 11.7. The summed E-state index contributed by atoms with van der Waals surface area (Å²) in [5.74, 6) is 2.85. The summed E-state index contributed by atoms with van der Waals surface area (Å²) in [6, 6.07) is -0.162. The molecule has 0 aliphatic heterocycles. The van der Waals surface area contributed by atoms with Crippen LogP contribution in [0.5, 0.6) is 0 Å². The van der Waals surface area contributed by atoms with E-state index in [1.54, 1.807) is 17.3 Å². The van der Waals surface area contributed by atoms with Gasteiger partial charge in [0.25, 0.3) is 0 Å². The molecule has 1 aliphatic carbocycles. The fraction of sp³-hybridized carbons (Fsp3) is 0.571. The number of rotatable bonds is 3. The normalized spacial score (nSPS) is 21.6. The van der Waals surface area contributed by atoms with Gasteiger partial charge in [-0.3, -0.25) is 0 Å². The van der Waals surface area contributed by atoms with Crippen molar-refractivity contribution < 1.29 is 4.79 Å². The molecule has 2 N–H and O–H groups in total. The number of anilines is 1. The van der Waals surface area contributed by atoms with Crippen molar-refractivity contribution >= 4 is 35.8 Å². The van der Waals surface area contributed by atoms with Crippen molar-refractivity contribution in [3.8, 4) is 0 Å². The molecule has 1 aromatic rings. The molecule has 1 heterocycles. The van der Waals surface area contributed by atoms with E-state index in [4.69, 9.17) is 7.49 Å². The van der Waals surface area contributed by atoms with Crippen LogP contribution in [0, 0.1) is 5.92 Å². The number of carbonyl (C=O) groups is 1. The fourth-order valence-corrected chi connectivity index (χ4v) is 4.10. The van der Waals surface area contributed by atoms with E-state index in [2.05, 4.69) is 24.5 Å².